The molecule has 0 aliphatic rings. The van der Waals surface area contributed by atoms with Gasteiger partial charge in [-0.1, -0.05) is 0 Å². The number of rotatable bonds is 1. The zero-order valence-corrected chi connectivity index (χ0v) is 9.20. The van der Waals surface area contributed by atoms with Gasteiger partial charge < -0.3 is 10.2 Å². The first-order chi connectivity index (χ1) is 6.52. The molecule has 1 heterocycles. The fraction of sp³-hybridized carbons (Fsp3) is 0.600. The van der Waals surface area contributed by atoms with E-state index in [1.54, 1.807) is 0 Å². The number of nitrogens with zero attached hydrogens (tertiary/aromatic N) is 2. The second-order valence-corrected chi connectivity index (χ2v) is 3.01. The van der Waals surface area contributed by atoms with E-state index in [2.05, 4.69) is 9.97 Å². The highest BCUT2D eigenvalue weighted by atomic mass is 16.3. The Morgan fingerprint density at radius 2 is 0.929 bits per heavy atom. The van der Waals surface area contributed by atoms with E-state index in [-0.39, 0.29) is 13.2 Å². The SMILES string of the molecule is Cc1nc(C)c(C)nc1C.OCCO. The Morgan fingerprint density at radius 3 is 1.07 bits per heavy atom. The minimum absolute atomic E-state index is 0.125. The Balaban J connectivity index is 0.000000364. The lowest BCUT2D eigenvalue weighted by molar-refractivity contribution is 0.186. The zero-order chi connectivity index (χ0) is 11.1. The fourth-order valence-electron chi connectivity index (χ4n) is 0.827. The zero-order valence-electron chi connectivity index (χ0n) is 9.20. The topological polar surface area (TPSA) is 66.2 Å². The van der Waals surface area contributed by atoms with Gasteiger partial charge in [0.1, 0.15) is 0 Å². The predicted molar refractivity (Wildman–Crippen MR) is 55.2 cm³/mol. The van der Waals surface area contributed by atoms with Crippen LogP contribution in [-0.2, 0) is 0 Å². The highest BCUT2D eigenvalue weighted by molar-refractivity contribution is 5.16. The Labute approximate surface area is 84.7 Å². The summed E-state index contributed by atoms with van der Waals surface area (Å²) in [7, 11) is 0. The van der Waals surface area contributed by atoms with Crippen molar-refractivity contribution in [2.24, 2.45) is 0 Å². The van der Waals surface area contributed by atoms with Crippen molar-refractivity contribution in [3.63, 3.8) is 0 Å². The van der Waals surface area contributed by atoms with E-state index >= 15 is 0 Å². The first-order valence-corrected chi connectivity index (χ1v) is 4.53. The molecule has 2 N–H and O–H groups in total. The van der Waals surface area contributed by atoms with E-state index < -0.39 is 0 Å². The third kappa shape index (κ3) is 4.30. The third-order valence-corrected chi connectivity index (χ3v) is 1.82. The number of aliphatic hydroxyl groups excluding tert-OH is 2. The lowest BCUT2D eigenvalue weighted by Crippen LogP contribution is -1.97. The van der Waals surface area contributed by atoms with Crippen LogP contribution in [0, 0.1) is 27.7 Å². The summed E-state index contributed by atoms with van der Waals surface area (Å²) in [4.78, 5) is 8.62. The molecule has 0 fully saturated rings. The summed E-state index contributed by atoms with van der Waals surface area (Å²) in [5.41, 5.74) is 4.12. The molecule has 0 spiro atoms. The van der Waals surface area contributed by atoms with Crippen LogP contribution >= 0.6 is 0 Å². The summed E-state index contributed by atoms with van der Waals surface area (Å²) in [6.45, 7) is 7.67. The predicted octanol–water partition coefficient (Wildman–Crippen LogP) is 0.681. The van der Waals surface area contributed by atoms with Gasteiger partial charge in [0, 0.05) is 0 Å². The van der Waals surface area contributed by atoms with E-state index in [1.807, 2.05) is 27.7 Å². The van der Waals surface area contributed by atoms with Crippen LogP contribution in [0.1, 0.15) is 22.8 Å². The molecule has 0 radical (unpaired) electrons. The van der Waals surface area contributed by atoms with E-state index in [4.69, 9.17) is 10.2 Å². The molecule has 4 nitrogen and oxygen atoms in total. The molecule has 1 aromatic heterocycles. The second kappa shape index (κ2) is 6.45. The normalized spacial score (nSPS) is 9.29. The molecule has 0 bridgehead atoms. The third-order valence-electron chi connectivity index (χ3n) is 1.82. The molecular weight excluding hydrogens is 180 g/mol. The van der Waals surface area contributed by atoms with Gasteiger partial charge in [-0.25, -0.2) is 0 Å². The Kier molecular flexibility index (Phi) is 5.99. The molecular formula is C10H18N2O2. The summed E-state index contributed by atoms with van der Waals surface area (Å²) in [5.74, 6) is 0. The van der Waals surface area contributed by atoms with Crippen molar-refractivity contribution >= 4 is 0 Å². The minimum atomic E-state index is -0.125. The maximum atomic E-state index is 7.62. The summed E-state index contributed by atoms with van der Waals surface area (Å²) >= 11 is 0. The molecule has 1 rings (SSSR count). The molecule has 0 aliphatic heterocycles. The van der Waals surface area contributed by atoms with Crippen molar-refractivity contribution in [1.82, 2.24) is 9.97 Å². The molecule has 0 atom stereocenters. The average molecular weight is 198 g/mol. The van der Waals surface area contributed by atoms with Crippen LogP contribution < -0.4 is 0 Å². The van der Waals surface area contributed by atoms with Crippen molar-refractivity contribution in [3.05, 3.63) is 22.8 Å². The largest absolute Gasteiger partial charge is 0.394 e. The molecule has 0 aromatic carbocycles. The molecule has 14 heavy (non-hydrogen) atoms. The molecule has 0 amide bonds. The summed E-state index contributed by atoms with van der Waals surface area (Å²) in [6.07, 6.45) is 0. The van der Waals surface area contributed by atoms with E-state index in [0.717, 1.165) is 22.8 Å². The molecule has 0 saturated heterocycles. The Bertz CT molecular complexity index is 235. The monoisotopic (exact) mass is 198 g/mol. The summed E-state index contributed by atoms with van der Waals surface area (Å²) in [5, 5.41) is 15.2. The van der Waals surface area contributed by atoms with Crippen LogP contribution in [0.5, 0.6) is 0 Å². The van der Waals surface area contributed by atoms with Crippen LogP contribution in [0.3, 0.4) is 0 Å². The first-order valence-electron chi connectivity index (χ1n) is 4.53. The van der Waals surface area contributed by atoms with Crippen LogP contribution in [0.15, 0.2) is 0 Å². The van der Waals surface area contributed by atoms with Gasteiger partial charge in [-0.15, -0.1) is 0 Å². The van der Waals surface area contributed by atoms with Gasteiger partial charge in [-0.2, -0.15) is 0 Å². The van der Waals surface area contributed by atoms with Gasteiger partial charge in [0.05, 0.1) is 36.0 Å². The van der Waals surface area contributed by atoms with Gasteiger partial charge in [-0.3, -0.25) is 9.97 Å². The maximum absolute atomic E-state index is 7.62. The van der Waals surface area contributed by atoms with Crippen molar-refractivity contribution in [3.8, 4) is 0 Å². The Hall–Kier alpha value is -1.00. The molecule has 0 aliphatic carbocycles. The minimum Gasteiger partial charge on any atom is -0.394 e. The molecule has 4 heteroatoms. The quantitative estimate of drug-likeness (QED) is 0.696. The van der Waals surface area contributed by atoms with Gasteiger partial charge in [0.15, 0.2) is 0 Å². The van der Waals surface area contributed by atoms with Crippen LogP contribution in [0.2, 0.25) is 0 Å². The number of aryl methyl sites for hydroxylation is 4. The maximum Gasteiger partial charge on any atom is 0.0662 e. The van der Waals surface area contributed by atoms with Crippen molar-refractivity contribution in [2.75, 3.05) is 13.2 Å². The number of aliphatic hydroxyl groups is 2. The van der Waals surface area contributed by atoms with Gasteiger partial charge in [0.25, 0.3) is 0 Å². The number of aromatic nitrogens is 2. The van der Waals surface area contributed by atoms with Crippen LogP contribution in [0.4, 0.5) is 0 Å². The lowest BCUT2D eigenvalue weighted by atomic mass is 10.3. The molecule has 0 saturated carbocycles. The smallest absolute Gasteiger partial charge is 0.0662 e. The molecule has 0 unspecified atom stereocenters. The standard InChI is InChI=1S/C8H12N2.C2H6O2/c1-5-6(2)10-8(4)7(3)9-5;3-1-2-4/h1-4H3;3-4H,1-2H2. The summed E-state index contributed by atoms with van der Waals surface area (Å²) in [6, 6.07) is 0. The highest BCUT2D eigenvalue weighted by Gasteiger charge is 1.98. The Morgan fingerprint density at radius 1 is 0.714 bits per heavy atom. The van der Waals surface area contributed by atoms with E-state index in [0.29, 0.717) is 0 Å². The van der Waals surface area contributed by atoms with E-state index in [9.17, 15) is 0 Å². The second-order valence-electron chi connectivity index (χ2n) is 3.01. The lowest BCUT2D eigenvalue weighted by Gasteiger charge is -2.01. The summed E-state index contributed by atoms with van der Waals surface area (Å²) < 4.78 is 0. The fourth-order valence-corrected chi connectivity index (χ4v) is 0.827. The average Bonchev–Trinajstić information content (AvgIpc) is 2.15. The van der Waals surface area contributed by atoms with Gasteiger partial charge >= 0.3 is 0 Å². The van der Waals surface area contributed by atoms with Crippen molar-refractivity contribution < 1.29 is 10.2 Å². The molecule has 1 aromatic rings. The van der Waals surface area contributed by atoms with Crippen molar-refractivity contribution in [1.29, 1.82) is 0 Å². The van der Waals surface area contributed by atoms with Crippen molar-refractivity contribution in [2.45, 2.75) is 27.7 Å². The highest BCUT2D eigenvalue weighted by Crippen LogP contribution is 2.04. The van der Waals surface area contributed by atoms with Gasteiger partial charge in [-0.05, 0) is 27.7 Å². The molecule has 80 valence electrons. The van der Waals surface area contributed by atoms with Gasteiger partial charge in [0.2, 0.25) is 0 Å². The number of hydrogen-bond acceptors (Lipinski definition) is 4. The van der Waals surface area contributed by atoms with Crippen LogP contribution in [-0.4, -0.2) is 33.4 Å². The first kappa shape index (κ1) is 13.0. The number of hydrogen-bond donors (Lipinski definition) is 2. The van der Waals surface area contributed by atoms with E-state index in [1.165, 1.54) is 0 Å². The van der Waals surface area contributed by atoms with Crippen LogP contribution in [0.25, 0.3) is 0 Å².